The van der Waals surface area contributed by atoms with Gasteiger partial charge in [0, 0.05) is 43.0 Å². The average molecular weight is 537 g/mol. The van der Waals surface area contributed by atoms with Crippen molar-refractivity contribution >= 4 is 35.6 Å². The second kappa shape index (κ2) is 12.3. The summed E-state index contributed by atoms with van der Waals surface area (Å²) in [7, 11) is 1.67. The Labute approximate surface area is 200 Å². The predicted molar refractivity (Wildman–Crippen MR) is 133 cm³/mol. The van der Waals surface area contributed by atoms with Crippen LogP contribution >= 0.6 is 24.0 Å². The van der Waals surface area contributed by atoms with E-state index in [1.165, 1.54) is 12.1 Å². The lowest BCUT2D eigenvalue weighted by molar-refractivity contribution is 0.414. The zero-order valence-electron chi connectivity index (χ0n) is 17.9. The second-order valence-corrected chi connectivity index (χ2v) is 7.24. The molecule has 1 unspecified atom stereocenters. The summed E-state index contributed by atoms with van der Waals surface area (Å²) >= 11 is 0. The molecule has 0 saturated carbocycles. The van der Waals surface area contributed by atoms with Crippen molar-refractivity contribution in [1.29, 1.82) is 5.26 Å². The maximum Gasteiger partial charge on any atom is 0.191 e. The lowest BCUT2D eigenvalue weighted by Gasteiger charge is -2.35. The van der Waals surface area contributed by atoms with Crippen LogP contribution in [0.4, 0.5) is 10.1 Å². The molecule has 0 bridgehead atoms. The first kappa shape index (κ1) is 24.7. The van der Waals surface area contributed by atoms with Gasteiger partial charge in [-0.1, -0.05) is 6.07 Å². The third-order valence-corrected chi connectivity index (χ3v) is 5.11. The fourth-order valence-electron chi connectivity index (χ4n) is 3.58. The van der Waals surface area contributed by atoms with Crippen molar-refractivity contribution in [2.45, 2.75) is 32.4 Å². The van der Waals surface area contributed by atoms with Gasteiger partial charge in [-0.05, 0) is 50.1 Å². The molecule has 1 aliphatic rings. The van der Waals surface area contributed by atoms with Crippen molar-refractivity contribution in [3.8, 4) is 11.8 Å². The summed E-state index contributed by atoms with van der Waals surface area (Å²) in [5.41, 5.74) is 1.98. The van der Waals surface area contributed by atoms with E-state index in [9.17, 15) is 4.39 Å². The molecule has 166 valence electrons. The Morgan fingerprint density at radius 2 is 2.16 bits per heavy atom. The van der Waals surface area contributed by atoms with E-state index in [0.29, 0.717) is 23.6 Å². The molecule has 1 saturated heterocycles. The number of rotatable bonds is 6. The Hall–Kier alpha value is -2.54. The van der Waals surface area contributed by atoms with Crippen LogP contribution in [0.25, 0.3) is 0 Å². The summed E-state index contributed by atoms with van der Waals surface area (Å²) in [5.74, 6) is 1.14. The van der Waals surface area contributed by atoms with E-state index in [-0.39, 0.29) is 42.4 Å². The zero-order valence-corrected chi connectivity index (χ0v) is 20.2. The molecular weight excluding hydrogens is 508 g/mol. The van der Waals surface area contributed by atoms with E-state index in [4.69, 9.17) is 10.00 Å². The fourth-order valence-corrected chi connectivity index (χ4v) is 3.58. The van der Waals surface area contributed by atoms with Gasteiger partial charge in [0.2, 0.25) is 0 Å². The van der Waals surface area contributed by atoms with Gasteiger partial charge in [-0.2, -0.15) is 5.26 Å². The largest absolute Gasteiger partial charge is 0.497 e. The number of nitrogens with zero attached hydrogens (tertiary/aromatic N) is 3. The molecule has 2 aromatic rings. The number of piperidine rings is 1. The number of ether oxygens (including phenoxy) is 1. The number of hydrogen-bond donors (Lipinski definition) is 2. The molecule has 0 aliphatic carbocycles. The summed E-state index contributed by atoms with van der Waals surface area (Å²) in [6.45, 7) is 4.71. The molecule has 1 aliphatic heterocycles. The molecule has 2 aromatic carbocycles. The van der Waals surface area contributed by atoms with Gasteiger partial charge in [0.05, 0.1) is 25.3 Å². The Morgan fingerprint density at radius 1 is 1.32 bits per heavy atom. The molecule has 8 heteroatoms. The van der Waals surface area contributed by atoms with Crippen LogP contribution in [-0.4, -0.2) is 38.7 Å². The van der Waals surface area contributed by atoms with Crippen LogP contribution in [0.5, 0.6) is 5.75 Å². The van der Waals surface area contributed by atoms with Crippen molar-refractivity contribution in [2.24, 2.45) is 4.99 Å². The predicted octanol–water partition coefficient (Wildman–Crippen LogP) is 4.05. The van der Waals surface area contributed by atoms with Crippen LogP contribution in [0.15, 0.2) is 47.5 Å². The molecule has 0 spiro atoms. The smallest absolute Gasteiger partial charge is 0.191 e. The first-order valence-corrected chi connectivity index (χ1v) is 10.2. The van der Waals surface area contributed by atoms with Crippen molar-refractivity contribution in [2.75, 3.05) is 31.6 Å². The quantitative estimate of drug-likeness (QED) is 0.331. The first-order valence-electron chi connectivity index (χ1n) is 10.2. The molecule has 0 radical (unpaired) electrons. The molecule has 0 aromatic heterocycles. The van der Waals surface area contributed by atoms with E-state index < -0.39 is 0 Å². The van der Waals surface area contributed by atoms with Gasteiger partial charge in [-0.3, -0.25) is 0 Å². The number of nitriles is 1. The zero-order chi connectivity index (χ0) is 21.3. The molecule has 1 heterocycles. The van der Waals surface area contributed by atoms with Gasteiger partial charge in [0.15, 0.2) is 5.96 Å². The minimum absolute atomic E-state index is 0. The standard InChI is InChI=1S/C23H28FN5O.HI/c1-3-26-23(27-15-18-12-17(14-25)9-10-22(18)24)28-19-6-5-11-29(16-19)20-7-4-8-21(13-20)30-2;/h4,7-10,12-13,19H,3,5-6,11,15-16H2,1-2H3,(H2,26,27,28);1H. The maximum atomic E-state index is 14.1. The highest BCUT2D eigenvalue weighted by molar-refractivity contribution is 14.0. The highest BCUT2D eigenvalue weighted by Crippen LogP contribution is 2.24. The number of guanidine groups is 1. The van der Waals surface area contributed by atoms with E-state index in [1.54, 1.807) is 13.2 Å². The Bertz CT molecular complexity index is 930. The maximum absolute atomic E-state index is 14.1. The number of hydrogen-bond acceptors (Lipinski definition) is 4. The number of nitrogens with one attached hydrogen (secondary N) is 2. The monoisotopic (exact) mass is 537 g/mol. The van der Waals surface area contributed by atoms with Crippen LogP contribution in [0, 0.1) is 17.1 Å². The summed E-state index contributed by atoms with van der Waals surface area (Å²) in [4.78, 5) is 6.88. The van der Waals surface area contributed by atoms with Crippen molar-refractivity contribution in [3.63, 3.8) is 0 Å². The second-order valence-electron chi connectivity index (χ2n) is 7.24. The summed E-state index contributed by atoms with van der Waals surface area (Å²) in [6.07, 6.45) is 2.09. The van der Waals surface area contributed by atoms with Gasteiger partial charge in [0.1, 0.15) is 11.6 Å². The molecule has 1 fully saturated rings. The normalized spacial score (nSPS) is 16.1. The van der Waals surface area contributed by atoms with Crippen molar-refractivity contribution in [1.82, 2.24) is 10.6 Å². The fraction of sp³-hybridized carbons (Fsp3) is 0.391. The lowest BCUT2D eigenvalue weighted by Crippen LogP contribution is -2.51. The number of anilines is 1. The van der Waals surface area contributed by atoms with Gasteiger partial charge in [-0.15, -0.1) is 24.0 Å². The Balaban J connectivity index is 0.00000341. The van der Waals surface area contributed by atoms with Crippen LogP contribution in [-0.2, 0) is 6.54 Å². The minimum atomic E-state index is -0.351. The molecular formula is C23H29FIN5O. The number of methoxy groups -OCH3 is 1. The number of benzene rings is 2. The van der Waals surface area contributed by atoms with Crippen molar-refractivity contribution in [3.05, 3.63) is 59.4 Å². The van der Waals surface area contributed by atoms with Crippen LogP contribution in [0.3, 0.4) is 0 Å². The SMILES string of the molecule is CCNC(=NCc1cc(C#N)ccc1F)NC1CCCN(c2cccc(OC)c2)C1.I. The van der Waals surface area contributed by atoms with Crippen LogP contribution in [0.2, 0.25) is 0 Å². The minimum Gasteiger partial charge on any atom is -0.497 e. The van der Waals surface area contributed by atoms with E-state index in [1.807, 2.05) is 31.2 Å². The molecule has 3 rings (SSSR count). The van der Waals surface area contributed by atoms with Gasteiger partial charge in [-0.25, -0.2) is 9.38 Å². The topological polar surface area (TPSA) is 72.7 Å². The first-order chi connectivity index (χ1) is 14.6. The summed E-state index contributed by atoms with van der Waals surface area (Å²) in [6, 6.07) is 14.7. The van der Waals surface area contributed by atoms with Crippen LogP contribution in [0.1, 0.15) is 30.9 Å². The average Bonchev–Trinajstić information content (AvgIpc) is 2.78. The number of aliphatic imine (C=N–C) groups is 1. The van der Waals surface area contributed by atoms with E-state index >= 15 is 0 Å². The summed E-state index contributed by atoms with van der Waals surface area (Å²) in [5, 5.41) is 15.8. The molecule has 31 heavy (non-hydrogen) atoms. The molecule has 2 N–H and O–H groups in total. The van der Waals surface area contributed by atoms with Gasteiger partial charge in [0.25, 0.3) is 0 Å². The number of halogens is 2. The highest BCUT2D eigenvalue weighted by Gasteiger charge is 2.21. The van der Waals surface area contributed by atoms with E-state index in [2.05, 4.69) is 26.6 Å². The molecule has 1 atom stereocenters. The van der Waals surface area contributed by atoms with Crippen molar-refractivity contribution < 1.29 is 9.13 Å². The highest BCUT2D eigenvalue weighted by atomic mass is 127. The third-order valence-electron chi connectivity index (χ3n) is 5.11. The van der Waals surface area contributed by atoms with Crippen LogP contribution < -0.4 is 20.3 Å². The van der Waals surface area contributed by atoms with E-state index in [0.717, 1.165) is 37.4 Å². The Kier molecular flexibility index (Phi) is 9.85. The van der Waals surface area contributed by atoms with Gasteiger partial charge < -0.3 is 20.3 Å². The Morgan fingerprint density at radius 3 is 2.90 bits per heavy atom. The lowest BCUT2D eigenvalue weighted by atomic mass is 10.0. The van der Waals surface area contributed by atoms with Gasteiger partial charge >= 0.3 is 0 Å². The molecule has 0 amide bonds. The summed E-state index contributed by atoms with van der Waals surface area (Å²) < 4.78 is 19.4. The third kappa shape index (κ3) is 6.99. The molecule has 6 nitrogen and oxygen atoms in total.